The van der Waals surface area contributed by atoms with E-state index in [-0.39, 0.29) is 21.5 Å². The smallest absolute Gasteiger partial charge is 0.339 e. The van der Waals surface area contributed by atoms with E-state index in [1.54, 1.807) is 32.1 Å². The number of benzene rings is 1. The molecule has 0 bridgehead atoms. The van der Waals surface area contributed by atoms with Crippen molar-refractivity contribution < 1.29 is 29.0 Å². The number of hydrogen-bond donors (Lipinski definition) is 3. The predicted molar refractivity (Wildman–Crippen MR) is 116 cm³/mol. The number of carboxylic acid groups (broad SMARTS) is 1. The Morgan fingerprint density at radius 3 is 2.60 bits per heavy atom. The largest absolute Gasteiger partial charge is 0.507 e. The van der Waals surface area contributed by atoms with Crippen LogP contribution in [0.4, 0.5) is 5.69 Å². The maximum atomic E-state index is 13.0. The molecule has 30 heavy (non-hydrogen) atoms. The molecule has 3 rings (SSSR count). The Bertz CT molecular complexity index is 1050. The summed E-state index contributed by atoms with van der Waals surface area (Å²) in [6, 6.07) is 6.18. The second-order valence-corrected chi connectivity index (χ2v) is 8.46. The zero-order valence-corrected chi connectivity index (χ0v) is 17.6. The van der Waals surface area contributed by atoms with Gasteiger partial charge in [0.15, 0.2) is 0 Å². The van der Waals surface area contributed by atoms with E-state index in [1.165, 1.54) is 23.3 Å². The highest BCUT2D eigenvalue weighted by Gasteiger charge is 2.42. The standard InChI is InChI=1S/C20H18N2O6S2/c1-10(2)16(17(24)21-11-5-6-13(19(26)27)14(23)8-11)22-18(25)15(30-20(22)29)9-12-4-3-7-28-12/h3-10,16,23H,1-2H3,(H,21,24)(H,26,27). The van der Waals surface area contributed by atoms with Crippen molar-refractivity contribution in [1.29, 1.82) is 0 Å². The molecule has 1 aromatic carbocycles. The first-order valence-electron chi connectivity index (χ1n) is 8.86. The van der Waals surface area contributed by atoms with E-state index in [0.717, 1.165) is 17.8 Å². The van der Waals surface area contributed by atoms with Crippen LogP contribution in [0.1, 0.15) is 30.0 Å². The number of amides is 2. The van der Waals surface area contributed by atoms with Crippen LogP contribution in [0.15, 0.2) is 45.9 Å². The molecule has 0 spiro atoms. The zero-order valence-electron chi connectivity index (χ0n) is 16.0. The Hall–Kier alpha value is -3.11. The van der Waals surface area contributed by atoms with Gasteiger partial charge in [-0.2, -0.15) is 0 Å². The normalized spacial score (nSPS) is 16.4. The Morgan fingerprint density at radius 1 is 1.30 bits per heavy atom. The van der Waals surface area contributed by atoms with Crippen LogP contribution in [0.2, 0.25) is 0 Å². The number of carbonyl (C=O) groups excluding carboxylic acids is 2. The van der Waals surface area contributed by atoms with Crippen LogP contribution in [-0.2, 0) is 9.59 Å². The van der Waals surface area contributed by atoms with Gasteiger partial charge in [-0.15, -0.1) is 0 Å². The van der Waals surface area contributed by atoms with Gasteiger partial charge in [-0.05, 0) is 30.2 Å². The minimum absolute atomic E-state index is 0.199. The number of aromatic hydroxyl groups is 1. The number of hydrogen-bond acceptors (Lipinski definition) is 7. The number of furan rings is 1. The molecule has 0 saturated carbocycles. The molecule has 1 unspecified atom stereocenters. The quantitative estimate of drug-likeness (QED) is 0.455. The van der Waals surface area contributed by atoms with E-state index in [4.69, 9.17) is 21.7 Å². The first kappa shape index (κ1) is 21.6. The van der Waals surface area contributed by atoms with E-state index in [1.807, 2.05) is 0 Å². The predicted octanol–water partition coefficient (Wildman–Crippen LogP) is 3.55. The first-order valence-corrected chi connectivity index (χ1v) is 10.1. The van der Waals surface area contributed by atoms with Crippen LogP contribution in [0.25, 0.3) is 6.08 Å². The Kier molecular flexibility index (Phi) is 6.28. The van der Waals surface area contributed by atoms with Crippen molar-refractivity contribution >= 4 is 57.8 Å². The molecule has 1 aliphatic rings. The fraction of sp³-hybridized carbons (Fsp3) is 0.200. The van der Waals surface area contributed by atoms with E-state index in [0.29, 0.717) is 10.7 Å². The second kappa shape index (κ2) is 8.72. The first-order chi connectivity index (χ1) is 14.2. The van der Waals surface area contributed by atoms with Gasteiger partial charge in [0, 0.05) is 17.8 Å². The summed E-state index contributed by atoms with van der Waals surface area (Å²) in [5.74, 6) is -2.46. The minimum atomic E-state index is -1.29. The number of carboxylic acids is 1. The van der Waals surface area contributed by atoms with Crippen molar-refractivity contribution in [2.24, 2.45) is 5.92 Å². The average molecular weight is 447 g/mol. The van der Waals surface area contributed by atoms with E-state index in [2.05, 4.69) is 5.32 Å². The molecular weight excluding hydrogens is 428 g/mol. The summed E-state index contributed by atoms with van der Waals surface area (Å²) >= 11 is 6.43. The third kappa shape index (κ3) is 4.39. The molecule has 10 heteroatoms. The molecule has 1 saturated heterocycles. The van der Waals surface area contributed by atoms with Crippen molar-refractivity contribution in [3.05, 3.63) is 52.8 Å². The van der Waals surface area contributed by atoms with Crippen LogP contribution in [0, 0.1) is 5.92 Å². The van der Waals surface area contributed by atoms with Gasteiger partial charge >= 0.3 is 5.97 Å². The summed E-state index contributed by atoms with van der Waals surface area (Å²) in [6.07, 6.45) is 3.05. The fourth-order valence-electron chi connectivity index (χ4n) is 2.95. The minimum Gasteiger partial charge on any atom is -0.507 e. The molecule has 1 aliphatic heterocycles. The van der Waals surface area contributed by atoms with Gasteiger partial charge in [0.2, 0.25) is 5.91 Å². The maximum Gasteiger partial charge on any atom is 0.339 e. The van der Waals surface area contributed by atoms with Gasteiger partial charge < -0.3 is 19.9 Å². The number of anilines is 1. The van der Waals surface area contributed by atoms with Crippen LogP contribution < -0.4 is 5.32 Å². The van der Waals surface area contributed by atoms with Gasteiger partial charge in [-0.25, -0.2) is 4.79 Å². The lowest BCUT2D eigenvalue weighted by Crippen LogP contribution is -2.49. The number of thiocarbonyl (C=S) groups is 1. The maximum absolute atomic E-state index is 13.0. The van der Waals surface area contributed by atoms with Crippen molar-refractivity contribution in [3.8, 4) is 5.75 Å². The van der Waals surface area contributed by atoms with E-state index in [9.17, 15) is 19.5 Å². The lowest BCUT2D eigenvalue weighted by molar-refractivity contribution is -0.131. The third-order valence-electron chi connectivity index (χ3n) is 4.31. The Balaban J connectivity index is 1.84. The lowest BCUT2D eigenvalue weighted by Gasteiger charge is -2.29. The molecule has 156 valence electrons. The van der Waals surface area contributed by atoms with Crippen LogP contribution in [-0.4, -0.2) is 43.3 Å². The molecule has 2 aromatic rings. The Labute approximate surface area is 181 Å². The number of phenols is 1. The number of rotatable bonds is 6. The number of nitrogens with zero attached hydrogens (tertiary/aromatic N) is 1. The monoisotopic (exact) mass is 446 g/mol. The number of nitrogens with one attached hydrogen (secondary N) is 1. The summed E-state index contributed by atoms with van der Waals surface area (Å²) in [5.41, 5.74) is -0.0851. The number of aromatic carboxylic acids is 1. The third-order valence-corrected chi connectivity index (χ3v) is 5.64. The highest BCUT2D eigenvalue weighted by molar-refractivity contribution is 8.26. The van der Waals surface area contributed by atoms with Crippen LogP contribution >= 0.6 is 24.0 Å². The van der Waals surface area contributed by atoms with Crippen molar-refractivity contribution in [3.63, 3.8) is 0 Å². The van der Waals surface area contributed by atoms with Crippen molar-refractivity contribution in [2.75, 3.05) is 5.32 Å². The van der Waals surface area contributed by atoms with Gasteiger partial charge in [0.25, 0.3) is 5.91 Å². The fourth-order valence-corrected chi connectivity index (χ4v) is 4.26. The number of thioether (sulfide) groups is 1. The molecule has 2 amide bonds. The topological polar surface area (TPSA) is 120 Å². The molecule has 1 fully saturated rings. The van der Waals surface area contributed by atoms with Crippen LogP contribution in [0.5, 0.6) is 5.75 Å². The van der Waals surface area contributed by atoms with Crippen LogP contribution in [0.3, 0.4) is 0 Å². The van der Waals surface area contributed by atoms with Gasteiger partial charge in [0.05, 0.1) is 11.2 Å². The summed E-state index contributed by atoms with van der Waals surface area (Å²) < 4.78 is 5.48. The van der Waals surface area contributed by atoms with Crippen molar-refractivity contribution in [1.82, 2.24) is 4.90 Å². The lowest BCUT2D eigenvalue weighted by atomic mass is 10.0. The summed E-state index contributed by atoms with van der Waals surface area (Å²) in [7, 11) is 0. The highest BCUT2D eigenvalue weighted by Crippen LogP contribution is 2.36. The van der Waals surface area contributed by atoms with E-state index >= 15 is 0 Å². The molecule has 1 atom stereocenters. The molecular formula is C20H18N2O6S2. The zero-order chi connectivity index (χ0) is 22.0. The van der Waals surface area contributed by atoms with Gasteiger partial charge in [-0.1, -0.05) is 37.8 Å². The highest BCUT2D eigenvalue weighted by atomic mass is 32.2. The summed E-state index contributed by atoms with van der Waals surface area (Å²) in [6.45, 7) is 3.56. The van der Waals surface area contributed by atoms with Gasteiger partial charge in [-0.3, -0.25) is 14.5 Å². The summed E-state index contributed by atoms with van der Waals surface area (Å²) in [5, 5.41) is 21.5. The SMILES string of the molecule is CC(C)C(C(=O)Nc1ccc(C(=O)O)c(O)c1)N1C(=O)C(=Cc2ccco2)SC1=S. The summed E-state index contributed by atoms with van der Waals surface area (Å²) in [4.78, 5) is 38.5. The Morgan fingerprint density at radius 2 is 2.03 bits per heavy atom. The molecule has 3 N–H and O–H groups in total. The molecule has 0 aliphatic carbocycles. The average Bonchev–Trinajstić information content (AvgIpc) is 3.25. The molecule has 2 heterocycles. The van der Waals surface area contributed by atoms with Crippen molar-refractivity contribution in [2.45, 2.75) is 19.9 Å². The van der Waals surface area contributed by atoms with Gasteiger partial charge in [0.1, 0.15) is 27.4 Å². The molecule has 8 nitrogen and oxygen atoms in total. The second-order valence-electron chi connectivity index (χ2n) is 6.78. The number of carbonyl (C=O) groups is 3. The van der Waals surface area contributed by atoms with E-state index < -0.39 is 29.6 Å². The molecule has 0 radical (unpaired) electrons. The molecule has 1 aromatic heterocycles.